The molecule has 8 nitrogen and oxygen atoms in total. The Balaban J connectivity index is 2.00. The lowest BCUT2D eigenvalue weighted by molar-refractivity contribution is -0.385. The summed E-state index contributed by atoms with van der Waals surface area (Å²) in [6.45, 7) is 2.42. The van der Waals surface area contributed by atoms with Gasteiger partial charge in [-0.15, -0.1) is 0 Å². The largest absolute Gasteiger partial charge is 0.493 e. The van der Waals surface area contributed by atoms with Crippen LogP contribution in [0.15, 0.2) is 36.4 Å². The average molecular weight is 386 g/mol. The van der Waals surface area contributed by atoms with Crippen LogP contribution < -0.4 is 9.47 Å². The Kier molecular flexibility index (Phi) is 5.79. The van der Waals surface area contributed by atoms with E-state index in [0.29, 0.717) is 30.1 Å². The summed E-state index contributed by atoms with van der Waals surface area (Å²) in [5, 5.41) is 20.9. The van der Waals surface area contributed by atoms with Crippen LogP contribution in [0, 0.1) is 10.1 Å². The molecule has 0 saturated heterocycles. The number of hydrogen-bond acceptors (Lipinski definition) is 6. The van der Waals surface area contributed by atoms with E-state index >= 15 is 0 Å². The molecule has 0 unspecified atom stereocenters. The molecule has 3 rings (SSSR count). The van der Waals surface area contributed by atoms with Gasteiger partial charge in [-0.2, -0.15) is 0 Å². The molecule has 0 radical (unpaired) electrons. The van der Waals surface area contributed by atoms with Gasteiger partial charge in [0.15, 0.2) is 11.5 Å². The smallest absolute Gasteiger partial charge is 0.282 e. The highest BCUT2D eigenvalue weighted by molar-refractivity contribution is 6.02. The normalized spacial score (nSPS) is 14.0. The van der Waals surface area contributed by atoms with Crippen LogP contribution in [0.1, 0.15) is 40.9 Å². The van der Waals surface area contributed by atoms with E-state index in [1.807, 2.05) is 13.0 Å². The Morgan fingerprint density at radius 3 is 2.71 bits per heavy atom. The van der Waals surface area contributed by atoms with Gasteiger partial charge < -0.3 is 19.5 Å². The van der Waals surface area contributed by atoms with Crippen molar-refractivity contribution in [2.75, 3.05) is 20.3 Å². The van der Waals surface area contributed by atoms with Crippen LogP contribution in [0.2, 0.25) is 0 Å². The van der Waals surface area contributed by atoms with Crippen LogP contribution in [0.5, 0.6) is 11.5 Å². The molecule has 1 heterocycles. The summed E-state index contributed by atoms with van der Waals surface area (Å²) in [4.78, 5) is 25.4. The van der Waals surface area contributed by atoms with Crippen molar-refractivity contribution in [1.29, 1.82) is 0 Å². The zero-order chi connectivity index (χ0) is 20.3. The summed E-state index contributed by atoms with van der Waals surface area (Å²) < 4.78 is 10.9. The molecular formula is C20H22N2O6. The molecule has 1 N–H and O–H groups in total. The Morgan fingerprint density at radius 2 is 2.07 bits per heavy atom. The molecular weight excluding hydrogens is 364 g/mol. The number of hydrogen-bond donors (Lipinski definition) is 1. The zero-order valence-corrected chi connectivity index (χ0v) is 15.8. The van der Waals surface area contributed by atoms with E-state index in [1.54, 1.807) is 36.3 Å². The fourth-order valence-corrected chi connectivity index (χ4v) is 3.56. The molecule has 28 heavy (non-hydrogen) atoms. The van der Waals surface area contributed by atoms with Gasteiger partial charge in [0.25, 0.3) is 11.6 Å². The van der Waals surface area contributed by atoms with Gasteiger partial charge in [-0.25, -0.2) is 0 Å². The summed E-state index contributed by atoms with van der Waals surface area (Å²) in [6.07, 6.45) is 0.297. The highest BCUT2D eigenvalue weighted by Gasteiger charge is 2.38. The van der Waals surface area contributed by atoms with Crippen LogP contribution in [0.3, 0.4) is 0 Å². The summed E-state index contributed by atoms with van der Waals surface area (Å²) in [5.74, 6) is 0.704. The van der Waals surface area contributed by atoms with E-state index in [4.69, 9.17) is 9.47 Å². The number of nitro groups is 1. The zero-order valence-electron chi connectivity index (χ0n) is 15.8. The number of benzene rings is 2. The second-order valence-corrected chi connectivity index (χ2v) is 6.37. The minimum atomic E-state index is -0.540. The first-order valence-corrected chi connectivity index (χ1v) is 9.00. The summed E-state index contributed by atoms with van der Waals surface area (Å²) >= 11 is 0. The van der Waals surface area contributed by atoms with Crippen LogP contribution in [-0.4, -0.2) is 41.2 Å². The molecule has 2 aromatic rings. The third-order valence-electron chi connectivity index (χ3n) is 4.79. The monoisotopic (exact) mass is 386 g/mol. The molecule has 2 aromatic carbocycles. The van der Waals surface area contributed by atoms with Crippen LogP contribution in [-0.2, 0) is 6.54 Å². The second kappa shape index (κ2) is 8.26. The van der Waals surface area contributed by atoms with Gasteiger partial charge in [0, 0.05) is 19.2 Å². The van der Waals surface area contributed by atoms with E-state index in [2.05, 4.69) is 0 Å². The van der Waals surface area contributed by atoms with E-state index in [9.17, 15) is 20.0 Å². The molecule has 0 saturated carbocycles. The second-order valence-electron chi connectivity index (χ2n) is 6.37. The van der Waals surface area contributed by atoms with Gasteiger partial charge >= 0.3 is 0 Å². The topological polar surface area (TPSA) is 102 Å². The predicted molar refractivity (Wildman–Crippen MR) is 102 cm³/mol. The first-order chi connectivity index (χ1) is 13.5. The lowest BCUT2D eigenvalue weighted by Crippen LogP contribution is -2.30. The molecule has 0 spiro atoms. The van der Waals surface area contributed by atoms with Crippen LogP contribution in [0.25, 0.3) is 0 Å². The highest BCUT2D eigenvalue weighted by atomic mass is 16.6. The molecule has 1 aliphatic heterocycles. The summed E-state index contributed by atoms with van der Waals surface area (Å²) in [6, 6.07) is 9.53. The van der Waals surface area contributed by atoms with Crippen molar-refractivity contribution < 1.29 is 24.3 Å². The van der Waals surface area contributed by atoms with Gasteiger partial charge in [0.1, 0.15) is 5.56 Å². The standard InChI is InChI=1S/C20H22N2O6/c1-3-28-18-11-13(7-8-17(18)27-2)15(9-10-23)21-12-14-5-4-6-16(22(25)26)19(14)20(21)24/h4-8,11,15,23H,3,9-10,12H2,1-2H3/t15-/m0/s1. The van der Waals surface area contributed by atoms with Crippen molar-refractivity contribution in [1.82, 2.24) is 4.90 Å². The van der Waals surface area contributed by atoms with Crippen molar-refractivity contribution in [3.8, 4) is 11.5 Å². The molecule has 0 aliphatic carbocycles. The molecule has 0 bridgehead atoms. The lowest BCUT2D eigenvalue weighted by atomic mass is 10.0. The number of fused-ring (bicyclic) bond motifs is 1. The van der Waals surface area contributed by atoms with E-state index in [1.165, 1.54) is 6.07 Å². The number of nitrogens with zero attached hydrogens (tertiary/aromatic N) is 2. The third kappa shape index (κ3) is 3.50. The maximum Gasteiger partial charge on any atom is 0.282 e. The molecule has 8 heteroatoms. The van der Waals surface area contributed by atoms with E-state index < -0.39 is 16.9 Å². The Morgan fingerprint density at radius 1 is 1.29 bits per heavy atom. The summed E-state index contributed by atoms with van der Waals surface area (Å²) in [5.41, 5.74) is 1.30. The number of nitro benzene ring substituents is 1. The van der Waals surface area contributed by atoms with Crippen molar-refractivity contribution in [3.63, 3.8) is 0 Å². The number of ether oxygens (including phenoxy) is 2. The van der Waals surface area contributed by atoms with Gasteiger partial charge in [-0.05, 0) is 36.6 Å². The van der Waals surface area contributed by atoms with Gasteiger partial charge in [0.2, 0.25) is 0 Å². The maximum atomic E-state index is 13.0. The molecule has 148 valence electrons. The number of methoxy groups -OCH3 is 1. The average Bonchev–Trinajstić information content (AvgIpc) is 3.03. The fraction of sp³-hybridized carbons (Fsp3) is 0.350. The first kappa shape index (κ1) is 19.6. The predicted octanol–water partition coefficient (Wildman–Crippen LogP) is 3.08. The maximum absolute atomic E-state index is 13.0. The Bertz CT molecular complexity index is 898. The summed E-state index contributed by atoms with van der Waals surface area (Å²) in [7, 11) is 1.54. The minimum Gasteiger partial charge on any atom is -0.493 e. The quantitative estimate of drug-likeness (QED) is 0.552. The highest BCUT2D eigenvalue weighted by Crippen LogP contribution is 2.39. The molecule has 0 aromatic heterocycles. The molecule has 1 aliphatic rings. The lowest BCUT2D eigenvalue weighted by Gasteiger charge is -2.28. The fourth-order valence-electron chi connectivity index (χ4n) is 3.56. The van der Waals surface area contributed by atoms with Crippen molar-refractivity contribution in [3.05, 3.63) is 63.2 Å². The number of carbonyl (C=O) groups excluding carboxylic acids is 1. The van der Waals surface area contributed by atoms with Crippen molar-refractivity contribution in [2.24, 2.45) is 0 Å². The number of rotatable bonds is 8. The van der Waals surface area contributed by atoms with Gasteiger partial charge in [-0.3, -0.25) is 14.9 Å². The number of aliphatic hydroxyl groups excluding tert-OH is 1. The third-order valence-corrected chi connectivity index (χ3v) is 4.79. The molecule has 1 amide bonds. The Labute approximate surface area is 162 Å². The number of aliphatic hydroxyl groups is 1. The van der Waals surface area contributed by atoms with Crippen LogP contribution in [0.4, 0.5) is 5.69 Å². The van der Waals surface area contributed by atoms with Crippen molar-refractivity contribution in [2.45, 2.75) is 25.9 Å². The number of carbonyl (C=O) groups is 1. The first-order valence-electron chi connectivity index (χ1n) is 9.00. The molecule has 0 fully saturated rings. The molecule has 1 atom stereocenters. The van der Waals surface area contributed by atoms with Gasteiger partial charge in [-0.1, -0.05) is 18.2 Å². The minimum absolute atomic E-state index is 0.119. The number of amides is 1. The Hall–Kier alpha value is -3.13. The van der Waals surface area contributed by atoms with Gasteiger partial charge in [0.05, 0.1) is 24.7 Å². The van der Waals surface area contributed by atoms with E-state index in [0.717, 1.165) is 5.56 Å². The van der Waals surface area contributed by atoms with Crippen LogP contribution >= 0.6 is 0 Å². The SMILES string of the molecule is CCOc1cc([C@H](CCO)N2Cc3cccc([N+](=O)[O-])c3C2=O)ccc1OC. The van der Waals surface area contributed by atoms with E-state index in [-0.39, 0.29) is 24.4 Å². The van der Waals surface area contributed by atoms with Crippen molar-refractivity contribution >= 4 is 11.6 Å².